The minimum atomic E-state index is 0.402. The van der Waals surface area contributed by atoms with Crippen LogP contribution in [0.1, 0.15) is 5.56 Å². The average molecular weight is 327 g/mol. The number of para-hydroxylation sites is 1. The molecule has 0 aliphatic carbocycles. The SMILES string of the molecule is Clc1ccc(NCc2c(Cl)oc3ccccc23)cc1Cl. The van der Waals surface area contributed by atoms with Gasteiger partial charge in [0.2, 0.25) is 0 Å². The van der Waals surface area contributed by atoms with Gasteiger partial charge in [-0.3, -0.25) is 0 Å². The molecule has 3 aromatic rings. The monoisotopic (exact) mass is 325 g/mol. The number of hydrogen-bond acceptors (Lipinski definition) is 2. The van der Waals surface area contributed by atoms with E-state index in [1.54, 1.807) is 12.1 Å². The Hall–Kier alpha value is -1.35. The highest BCUT2D eigenvalue weighted by Crippen LogP contribution is 2.31. The van der Waals surface area contributed by atoms with Gasteiger partial charge in [-0.2, -0.15) is 0 Å². The molecular formula is C15H10Cl3NO. The summed E-state index contributed by atoms with van der Waals surface area (Å²) in [6.45, 7) is 0.549. The van der Waals surface area contributed by atoms with Gasteiger partial charge in [0.05, 0.1) is 10.0 Å². The van der Waals surface area contributed by atoms with Gasteiger partial charge in [-0.1, -0.05) is 41.4 Å². The van der Waals surface area contributed by atoms with Crippen molar-refractivity contribution in [2.75, 3.05) is 5.32 Å². The molecule has 0 saturated carbocycles. The summed E-state index contributed by atoms with van der Waals surface area (Å²) in [5.74, 6) is 0. The van der Waals surface area contributed by atoms with E-state index in [4.69, 9.17) is 39.2 Å². The van der Waals surface area contributed by atoms with Crippen molar-refractivity contribution >= 4 is 51.5 Å². The van der Waals surface area contributed by atoms with E-state index in [1.807, 2.05) is 30.3 Å². The van der Waals surface area contributed by atoms with Gasteiger partial charge in [0, 0.05) is 23.2 Å². The van der Waals surface area contributed by atoms with Crippen molar-refractivity contribution in [2.24, 2.45) is 0 Å². The number of rotatable bonds is 3. The van der Waals surface area contributed by atoms with Crippen LogP contribution in [-0.4, -0.2) is 0 Å². The van der Waals surface area contributed by atoms with E-state index in [0.717, 1.165) is 22.2 Å². The summed E-state index contributed by atoms with van der Waals surface area (Å²) in [6.07, 6.45) is 0. The lowest BCUT2D eigenvalue weighted by molar-refractivity contribution is 0.613. The van der Waals surface area contributed by atoms with Gasteiger partial charge in [-0.15, -0.1) is 0 Å². The zero-order valence-corrected chi connectivity index (χ0v) is 12.6. The van der Waals surface area contributed by atoms with Crippen LogP contribution < -0.4 is 5.32 Å². The number of nitrogens with one attached hydrogen (secondary N) is 1. The van der Waals surface area contributed by atoms with Crippen LogP contribution >= 0.6 is 34.8 Å². The molecule has 0 aliphatic heterocycles. The maximum absolute atomic E-state index is 6.14. The number of furan rings is 1. The molecule has 1 N–H and O–H groups in total. The Morgan fingerprint density at radius 3 is 2.55 bits per heavy atom. The van der Waals surface area contributed by atoms with Crippen LogP contribution in [-0.2, 0) is 6.54 Å². The second kappa shape index (κ2) is 5.57. The van der Waals surface area contributed by atoms with Crippen molar-refractivity contribution in [3.05, 3.63) is 63.3 Å². The normalized spacial score (nSPS) is 10.9. The van der Waals surface area contributed by atoms with Gasteiger partial charge in [0.15, 0.2) is 5.22 Å². The Balaban J connectivity index is 1.86. The molecule has 2 nitrogen and oxygen atoms in total. The van der Waals surface area contributed by atoms with Crippen LogP contribution in [0.3, 0.4) is 0 Å². The maximum Gasteiger partial charge on any atom is 0.199 e. The molecule has 0 amide bonds. The lowest BCUT2D eigenvalue weighted by Crippen LogP contribution is -1.99. The fourth-order valence-corrected chi connectivity index (χ4v) is 2.58. The Kier molecular flexibility index (Phi) is 3.79. The quantitative estimate of drug-likeness (QED) is 0.638. The van der Waals surface area contributed by atoms with Crippen LogP contribution in [0.25, 0.3) is 11.0 Å². The first kappa shape index (κ1) is 13.6. The van der Waals surface area contributed by atoms with Gasteiger partial charge >= 0.3 is 0 Å². The lowest BCUT2D eigenvalue weighted by Gasteiger charge is -2.06. The van der Waals surface area contributed by atoms with Crippen molar-refractivity contribution < 1.29 is 4.42 Å². The molecule has 1 heterocycles. The number of hydrogen-bond donors (Lipinski definition) is 1. The van der Waals surface area contributed by atoms with Crippen LogP contribution in [0.2, 0.25) is 15.3 Å². The molecule has 1 aromatic heterocycles. The minimum Gasteiger partial charge on any atom is -0.444 e. The number of benzene rings is 2. The van der Waals surface area contributed by atoms with Crippen molar-refractivity contribution in [3.8, 4) is 0 Å². The molecule has 0 fully saturated rings. The van der Waals surface area contributed by atoms with E-state index in [0.29, 0.717) is 21.8 Å². The average Bonchev–Trinajstić information content (AvgIpc) is 2.76. The van der Waals surface area contributed by atoms with E-state index in [9.17, 15) is 0 Å². The molecule has 0 bridgehead atoms. The molecule has 2 aromatic carbocycles. The van der Waals surface area contributed by atoms with E-state index in [-0.39, 0.29) is 0 Å². The highest BCUT2D eigenvalue weighted by molar-refractivity contribution is 6.42. The summed E-state index contributed by atoms with van der Waals surface area (Å²) in [5, 5.41) is 5.71. The standard InChI is InChI=1S/C15H10Cl3NO/c16-12-6-5-9(7-13(12)17)19-8-11-10-3-1-2-4-14(10)20-15(11)18/h1-7,19H,8H2. The van der Waals surface area contributed by atoms with Gasteiger partial charge < -0.3 is 9.73 Å². The van der Waals surface area contributed by atoms with Crippen LogP contribution in [0.15, 0.2) is 46.9 Å². The molecule has 0 radical (unpaired) electrons. The summed E-state index contributed by atoms with van der Waals surface area (Å²) in [6, 6.07) is 13.1. The van der Waals surface area contributed by atoms with E-state index < -0.39 is 0 Å². The summed E-state index contributed by atoms with van der Waals surface area (Å²) < 4.78 is 5.51. The molecule has 0 aliphatic rings. The summed E-state index contributed by atoms with van der Waals surface area (Å²) in [4.78, 5) is 0. The maximum atomic E-state index is 6.14. The number of fused-ring (bicyclic) bond motifs is 1. The van der Waals surface area contributed by atoms with Gasteiger partial charge in [-0.05, 0) is 35.9 Å². The van der Waals surface area contributed by atoms with Crippen molar-refractivity contribution in [2.45, 2.75) is 6.54 Å². The summed E-state index contributed by atoms with van der Waals surface area (Å²) in [7, 11) is 0. The number of halogens is 3. The highest BCUT2D eigenvalue weighted by atomic mass is 35.5. The number of anilines is 1. The van der Waals surface area contributed by atoms with Crippen molar-refractivity contribution in [1.29, 1.82) is 0 Å². The zero-order chi connectivity index (χ0) is 14.1. The van der Waals surface area contributed by atoms with Crippen molar-refractivity contribution in [1.82, 2.24) is 0 Å². The third kappa shape index (κ3) is 2.59. The van der Waals surface area contributed by atoms with Gasteiger partial charge in [0.25, 0.3) is 0 Å². The summed E-state index contributed by atoms with van der Waals surface area (Å²) in [5.41, 5.74) is 2.58. The molecular weight excluding hydrogens is 317 g/mol. The van der Waals surface area contributed by atoms with E-state index in [2.05, 4.69) is 5.32 Å². The van der Waals surface area contributed by atoms with Gasteiger partial charge in [0.1, 0.15) is 5.58 Å². The zero-order valence-electron chi connectivity index (χ0n) is 10.3. The fourth-order valence-electron chi connectivity index (χ4n) is 2.03. The first-order chi connectivity index (χ1) is 9.65. The topological polar surface area (TPSA) is 25.2 Å². The Morgan fingerprint density at radius 1 is 0.950 bits per heavy atom. The minimum absolute atomic E-state index is 0.402. The smallest absolute Gasteiger partial charge is 0.199 e. The molecule has 20 heavy (non-hydrogen) atoms. The molecule has 5 heteroatoms. The molecule has 0 saturated heterocycles. The van der Waals surface area contributed by atoms with E-state index in [1.165, 1.54) is 0 Å². The predicted octanol–water partition coefficient (Wildman–Crippen LogP) is 6.01. The first-order valence-corrected chi connectivity index (χ1v) is 7.13. The van der Waals surface area contributed by atoms with Crippen LogP contribution in [0.4, 0.5) is 5.69 Å². The third-order valence-electron chi connectivity index (χ3n) is 3.04. The molecule has 0 unspecified atom stereocenters. The second-order valence-electron chi connectivity index (χ2n) is 4.33. The molecule has 3 rings (SSSR count). The highest BCUT2D eigenvalue weighted by Gasteiger charge is 2.11. The molecule has 0 atom stereocenters. The van der Waals surface area contributed by atoms with Crippen molar-refractivity contribution in [3.63, 3.8) is 0 Å². The summed E-state index contributed by atoms with van der Waals surface area (Å²) >= 11 is 18.0. The lowest BCUT2D eigenvalue weighted by atomic mass is 10.2. The Bertz CT molecular complexity index is 767. The first-order valence-electron chi connectivity index (χ1n) is 6.00. The Labute approximate surface area is 131 Å². The fraction of sp³-hybridized carbons (Fsp3) is 0.0667. The third-order valence-corrected chi connectivity index (χ3v) is 4.08. The molecule has 0 spiro atoms. The van der Waals surface area contributed by atoms with Crippen LogP contribution in [0, 0.1) is 0 Å². The van der Waals surface area contributed by atoms with E-state index >= 15 is 0 Å². The largest absolute Gasteiger partial charge is 0.444 e. The predicted molar refractivity (Wildman–Crippen MR) is 85.0 cm³/mol. The second-order valence-corrected chi connectivity index (χ2v) is 5.49. The Morgan fingerprint density at radius 2 is 1.75 bits per heavy atom. The van der Waals surface area contributed by atoms with Crippen LogP contribution in [0.5, 0.6) is 0 Å². The molecule has 102 valence electrons. The van der Waals surface area contributed by atoms with Gasteiger partial charge in [-0.25, -0.2) is 0 Å².